The average Bonchev–Trinajstić information content (AvgIpc) is 3.21. The van der Waals surface area contributed by atoms with Crippen molar-refractivity contribution in [2.75, 3.05) is 13.2 Å². The van der Waals surface area contributed by atoms with Gasteiger partial charge in [-0.3, -0.25) is 4.79 Å². The van der Waals surface area contributed by atoms with E-state index in [-0.39, 0.29) is 30.4 Å². The van der Waals surface area contributed by atoms with Gasteiger partial charge in [0.2, 0.25) is 5.91 Å². The van der Waals surface area contributed by atoms with Gasteiger partial charge >= 0.3 is 12.1 Å². The summed E-state index contributed by atoms with van der Waals surface area (Å²) in [5, 5.41) is 6.02. The number of ether oxygens (including phenoxy) is 2. The number of rotatable bonds is 3. The smallest absolute Gasteiger partial charge is 0.408 e. The zero-order valence-corrected chi connectivity index (χ0v) is 21.2. The number of hydrogen-bond acceptors (Lipinski definition) is 6. The molecular weight excluding hydrogens is 434 g/mol. The molecule has 8 nitrogen and oxygen atoms in total. The lowest BCUT2D eigenvalue weighted by Gasteiger charge is -2.34. The molecule has 0 aromatic heterocycles. The van der Waals surface area contributed by atoms with Crippen molar-refractivity contribution in [1.29, 1.82) is 0 Å². The van der Waals surface area contributed by atoms with Crippen molar-refractivity contribution in [1.82, 2.24) is 15.5 Å². The van der Waals surface area contributed by atoms with E-state index in [0.717, 1.165) is 38.5 Å². The summed E-state index contributed by atoms with van der Waals surface area (Å²) in [4.78, 5) is 40.7. The van der Waals surface area contributed by atoms with Gasteiger partial charge in [-0.2, -0.15) is 0 Å². The molecule has 0 aromatic carbocycles. The molecule has 1 saturated heterocycles. The fourth-order valence-corrected chi connectivity index (χ4v) is 4.92. The fourth-order valence-electron chi connectivity index (χ4n) is 4.92. The van der Waals surface area contributed by atoms with Crippen LogP contribution in [-0.2, 0) is 19.1 Å². The van der Waals surface area contributed by atoms with Gasteiger partial charge in [-0.15, -0.1) is 0 Å². The first-order chi connectivity index (χ1) is 16.1. The Kier molecular flexibility index (Phi) is 8.31. The van der Waals surface area contributed by atoms with Crippen LogP contribution in [0.4, 0.5) is 4.79 Å². The molecule has 2 amide bonds. The SMILES string of the molecule is C=C1[C@@H](NC(=O)OC(C)(C)C)CCCCC/C=C\[C@@H]2C[C@@]2(C(=O)OCC)NC(=O)[C@@H]2CCCN12. The van der Waals surface area contributed by atoms with Crippen LogP contribution in [0.1, 0.15) is 79.1 Å². The Hall–Kier alpha value is -2.51. The molecule has 0 spiro atoms. The molecule has 190 valence electrons. The molecule has 2 N–H and O–H groups in total. The van der Waals surface area contributed by atoms with Crippen molar-refractivity contribution < 1.29 is 23.9 Å². The van der Waals surface area contributed by atoms with E-state index >= 15 is 0 Å². The maximum absolute atomic E-state index is 13.4. The Morgan fingerprint density at radius 1 is 1.24 bits per heavy atom. The molecule has 2 aliphatic heterocycles. The lowest BCUT2D eigenvalue weighted by atomic mass is 10.0. The highest BCUT2D eigenvalue weighted by molar-refractivity contribution is 5.93. The van der Waals surface area contributed by atoms with Gasteiger partial charge in [-0.1, -0.05) is 31.6 Å². The van der Waals surface area contributed by atoms with Crippen LogP contribution in [-0.4, -0.2) is 59.2 Å². The number of nitrogens with zero attached hydrogens (tertiary/aromatic N) is 1. The fraction of sp³-hybridized carbons (Fsp3) is 0.731. The van der Waals surface area contributed by atoms with Crippen LogP contribution in [0.3, 0.4) is 0 Å². The first kappa shape index (κ1) is 26.1. The van der Waals surface area contributed by atoms with Gasteiger partial charge in [0.1, 0.15) is 17.2 Å². The number of carbonyl (C=O) groups excluding carboxylic acids is 3. The standard InChI is InChI=1S/C26H41N3O5/c1-6-33-23(31)26-17-19(26)13-10-8-7-9-11-14-20(27-24(32)34-25(3,4)5)18(2)29-16-12-15-21(29)22(30)28-26/h10,13,19-21H,2,6-9,11-12,14-17H2,1,3-5H3,(H,27,32)(H,28,30)/b13-10-/t19-,20+,21+,26-/m1/s1. The minimum absolute atomic E-state index is 0.0414. The highest BCUT2D eigenvalue weighted by Gasteiger charge is 2.61. The van der Waals surface area contributed by atoms with Gasteiger partial charge in [0.25, 0.3) is 0 Å². The molecule has 4 atom stereocenters. The van der Waals surface area contributed by atoms with Crippen LogP contribution in [0.2, 0.25) is 0 Å². The van der Waals surface area contributed by atoms with Crippen molar-refractivity contribution in [2.45, 2.75) is 102 Å². The van der Waals surface area contributed by atoms with E-state index in [1.54, 1.807) is 6.92 Å². The monoisotopic (exact) mass is 475 g/mol. The average molecular weight is 476 g/mol. The largest absolute Gasteiger partial charge is 0.464 e. The number of allylic oxidation sites excluding steroid dienone is 1. The molecular formula is C26H41N3O5. The molecule has 0 unspecified atom stereocenters. The molecule has 0 bridgehead atoms. The molecule has 8 heteroatoms. The van der Waals surface area contributed by atoms with Crippen molar-refractivity contribution in [3.05, 3.63) is 24.4 Å². The summed E-state index contributed by atoms with van der Waals surface area (Å²) in [7, 11) is 0. The second-order valence-electron chi connectivity index (χ2n) is 10.6. The predicted molar refractivity (Wildman–Crippen MR) is 130 cm³/mol. The van der Waals surface area contributed by atoms with Gasteiger partial charge in [0, 0.05) is 18.2 Å². The van der Waals surface area contributed by atoms with Gasteiger partial charge in [-0.25, -0.2) is 9.59 Å². The number of amides is 2. The van der Waals surface area contributed by atoms with Crippen molar-refractivity contribution in [3.63, 3.8) is 0 Å². The van der Waals surface area contributed by atoms with Gasteiger partial charge in [0.15, 0.2) is 0 Å². The summed E-state index contributed by atoms with van der Waals surface area (Å²) in [6.07, 6.45) is 10.3. The molecule has 2 fully saturated rings. The number of carbonyl (C=O) groups is 3. The molecule has 3 aliphatic rings. The number of esters is 1. The lowest BCUT2D eigenvalue weighted by molar-refractivity contribution is -0.149. The van der Waals surface area contributed by atoms with Crippen LogP contribution in [0.15, 0.2) is 24.4 Å². The van der Waals surface area contributed by atoms with Crippen LogP contribution < -0.4 is 10.6 Å². The Morgan fingerprint density at radius 2 is 2.00 bits per heavy atom. The van der Waals surface area contributed by atoms with E-state index in [0.29, 0.717) is 25.1 Å². The highest BCUT2D eigenvalue weighted by atomic mass is 16.6. The normalized spacial score (nSPS) is 31.2. The molecule has 2 heterocycles. The van der Waals surface area contributed by atoms with E-state index in [1.807, 2.05) is 25.7 Å². The third kappa shape index (κ3) is 6.33. The van der Waals surface area contributed by atoms with E-state index in [9.17, 15) is 14.4 Å². The van der Waals surface area contributed by atoms with E-state index in [2.05, 4.69) is 29.4 Å². The molecule has 0 radical (unpaired) electrons. The summed E-state index contributed by atoms with van der Waals surface area (Å²) < 4.78 is 10.8. The van der Waals surface area contributed by atoms with Crippen molar-refractivity contribution in [2.24, 2.45) is 5.92 Å². The summed E-state index contributed by atoms with van der Waals surface area (Å²) in [5.74, 6) is -0.594. The van der Waals surface area contributed by atoms with Gasteiger partial charge in [-0.05, 0) is 66.2 Å². The van der Waals surface area contributed by atoms with E-state index < -0.39 is 23.3 Å². The van der Waals surface area contributed by atoms with Crippen LogP contribution in [0, 0.1) is 5.92 Å². The number of alkyl carbamates (subject to hydrolysis) is 1. The lowest BCUT2D eigenvalue weighted by Crippen LogP contribution is -2.53. The van der Waals surface area contributed by atoms with Crippen LogP contribution >= 0.6 is 0 Å². The predicted octanol–water partition coefficient (Wildman–Crippen LogP) is 3.82. The second-order valence-corrected chi connectivity index (χ2v) is 10.6. The Balaban J connectivity index is 1.81. The molecule has 1 aliphatic carbocycles. The quantitative estimate of drug-likeness (QED) is 0.476. The summed E-state index contributed by atoms with van der Waals surface area (Å²) in [6, 6.07) is -0.756. The third-order valence-electron chi connectivity index (χ3n) is 6.75. The van der Waals surface area contributed by atoms with Crippen molar-refractivity contribution in [3.8, 4) is 0 Å². The second kappa shape index (κ2) is 10.8. The molecule has 3 rings (SSSR count). The maximum atomic E-state index is 13.4. The Morgan fingerprint density at radius 3 is 2.71 bits per heavy atom. The number of hydrogen-bond donors (Lipinski definition) is 2. The summed E-state index contributed by atoms with van der Waals surface area (Å²) in [5.41, 5.74) is -0.863. The van der Waals surface area contributed by atoms with Crippen LogP contribution in [0.5, 0.6) is 0 Å². The van der Waals surface area contributed by atoms with Gasteiger partial charge in [0.05, 0.1) is 12.6 Å². The van der Waals surface area contributed by atoms with Crippen LogP contribution in [0.25, 0.3) is 0 Å². The zero-order chi connectivity index (χ0) is 24.9. The maximum Gasteiger partial charge on any atom is 0.408 e. The Labute approximate surface area is 203 Å². The molecule has 34 heavy (non-hydrogen) atoms. The third-order valence-corrected chi connectivity index (χ3v) is 6.75. The number of fused-ring (bicyclic) bond motifs is 2. The van der Waals surface area contributed by atoms with E-state index in [4.69, 9.17) is 9.47 Å². The first-order valence-electron chi connectivity index (χ1n) is 12.7. The highest BCUT2D eigenvalue weighted by Crippen LogP contribution is 2.46. The minimum Gasteiger partial charge on any atom is -0.464 e. The topological polar surface area (TPSA) is 97.0 Å². The number of nitrogens with one attached hydrogen (secondary N) is 2. The minimum atomic E-state index is -0.979. The zero-order valence-electron chi connectivity index (χ0n) is 21.2. The Bertz CT molecular complexity index is 818. The summed E-state index contributed by atoms with van der Waals surface area (Å²) in [6.45, 7) is 12.5. The molecule has 1 saturated carbocycles. The van der Waals surface area contributed by atoms with E-state index in [1.165, 1.54) is 0 Å². The molecule has 0 aromatic rings. The van der Waals surface area contributed by atoms with Crippen molar-refractivity contribution >= 4 is 18.0 Å². The van der Waals surface area contributed by atoms with Gasteiger partial charge < -0.3 is 25.0 Å². The summed E-state index contributed by atoms with van der Waals surface area (Å²) >= 11 is 0. The first-order valence-corrected chi connectivity index (χ1v) is 12.7.